The molecule has 0 aliphatic heterocycles. The van der Waals surface area contributed by atoms with E-state index in [0.717, 1.165) is 34.2 Å². The maximum Gasteiger partial charge on any atom is 0.202 e. The van der Waals surface area contributed by atoms with Crippen molar-refractivity contribution in [3.05, 3.63) is 35.4 Å². The second kappa shape index (κ2) is 4.97. The number of hydrogen-bond donors (Lipinski definition) is 2. The molecule has 0 aliphatic carbocycles. The van der Waals surface area contributed by atoms with Gasteiger partial charge in [-0.3, -0.25) is 0 Å². The molecule has 19 heavy (non-hydrogen) atoms. The van der Waals surface area contributed by atoms with Crippen LogP contribution in [0.1, 0.15) is 24.1 Å². The molecule has 0 bridgehead atoms. The molecule has 0 radical (unpaired) electrons. The Bertz CT molecular complexity index is 700. The van der Waals surface area contributed by atoms with E-state index in [0.29, 0.717) is 6.54 Å². The Balaban J connectivity index is 1.76. The van der Waals surface area contributed by atoms with Crippen molar-refractivity contribution in [1.29, 1.82) is 0 Å². The lowest BCUT2D eigenvalue weighted by Gasteiger charge is -1.97. The summed E-state index contributed by atoms with van der Waals surface area (Å²) in [6.45, 7) is 4.75. The average Bonchev–Trinajstić information content (AvgIpc) is 3.03. The number of rotatable bonds is 4. The summed E-state index contributed by atoms with van der Waals surface area (Å²) >= 11 is 1.39. The zero-order valence-electron chi connectivity index (χ0n) is 10.9. The molecule has 2 N–H and O–H groups in total. The van der Waals surface area contributed by atoms with Gasteiger partial charge in [0.25, 0.3) is 0 Å². The molecule has 5 nitrogen and oxygen atoms in total. The van der Waals surface area contributed by atoms with Crippen molar-refractivity contribution in [2.24, 2.45) is 0 Å². The first-order valence-corrected chi connectivity index (χ1v) is 7.04. The Hall–Kier alpha value is -1.95. The highest BCUT2D eigenvalue weighted by Crippen LogP contribution is 2.17. The molecule has 0 fully saturated rings. The molecule has 0 saturated carbocycles. The predicted molar refractivity (Wildman–Crippen MR) is 77.4 cm³/mol. The Morgan fingerprint density at radius 2 is 2.21 bits per heavy atom. The topological polar surface area (TPSA) is 66.5 Å². The van der Waals surface area contributed by atoms with E-state index in [2.05, 4.69) is 37.6 Å². The van der Waals surface area contributed by atoms with E-state index < -0.39 is 0 Å². The molecular weight excluding hydrogens is 258 g/mol. The quantitative estimate of drug-likeness (QED) is 0.767. The largest absolute Gasteiger partial charge is 0.353 e. The normalized spacial score (nSPS) is 11.1. The number of nitrogens with zero attached hydrogens (tertiary/aromatic N) is 3. The molecule has 0 unspecified atom stereocenters. The van der Waals surface area contributed by atoms with Crippen molar-refractivity contribution in [2.75, 3.05) is 5.32 Å². The van der Waals surface area contributed by atoms with Gasteiger partial charge in [-0.2, -0.15) is 4.37 Å². The summed E-state index contributed by atoms with van der Waals surface area (Å²) in [6, 6.07) is 6.14. The number of nitrogens with one attached hydrogen (secondary N) is 2. The maximum atomic E-state index is 4.59. The zero-order chi connectivity index (χ0) is 13.2. The lowest BCUT2D eigenvalue weighted by atomic mass is 10.2. The van der Waals surface area contributed by atoms with Crippen LogP contribution in [0, 0.1) is 6.92 Å². The van der Waals surface area contributed by atoms with Crippen molar-refractivity contribution in [3.8, 4) is 0 Å². The van der Waals surface area contributed by atoms with Crippen LogP contribution >= 0.6 is 11.5 Å². The summed E-state index contributed by atoms with van der Waals surface area (Å²) in [5.41, 5.74) is 3.29. The standard InChI is InChI=1S/C13H15N5S/c1-3-10-17-13(19-18-10)14-7-11-15-9-6-4-5-8(2)12(9)16-11/h4-6H,3,7H2,1-2H3,(H,15,16)(H,14,17,18). The molecule has 0 spiro atoms. The summed E-state index contributed by atoms with van der Waals surface area (Å²) in [5.74, 6) is 1.80. The van der Waals surface area contributed by atoms with Crippen molar-refractivity contribution in [2.45, 2.75) is 26.8 Å². The van der Waals surface area contributed by atoms with Crippen LogP contribution in [0.5, 0.6) is 0 Å². The lowest BCUT2D eigenvalue weighted by Crippen LogP contribution is -2.00. The number of aromatic nitrogens is 4. The van der Waals surface area contributed by atoms with E-state index in [1.165, 1.54) is 17.1 Å². The number of H-pyrrole nitrogens is 1. The molecule has 0 atom stereocenters. The molecule has 2 aromatic heterocycles. The fourth-order valence-electron chi connectivity index (χ4n) is 1.94. The van der Waals surface area contributed by atoms with Crippen LogP contribution in [0.15, 0.2) is 18.2 Å². The van der Waals surface area contributed by atoms with Gasteiger partial charge in [0.05, 0.1) is 17.6 Å². The molecule has 6 heteroatoms. The third kappa shape index (κ3) is 2.44. The van der Waals surface area contributed by atoms with E-state index in [9.17, 15) is 0 Å². The lowest BCUT2D eigenvalue weighted by molar-refractivity contribution is 0.974. The Kier molecular flexibility index (Phi) is 3.16. The van der Waals surface area contributed by atoms with E-state index in [1.54, 1.807) is 0 Å². The van der Waals surface area contributed by atoms with Gasteiger partial charge in [0.1, 0.15) is 11.6 Å². The van der Waals surface area contributed by atoms with E-state index in [-0.39, 0.29) is 0 Å². The minimum Gasteiger partial charge on any atom is -0.353 e. The number of para-hydroxylation sites is 1. The molecule has 2 heterocycles. The van der Waals surface area contributed by atoms with Gasteiger partial charge in [-0.15, -0.1) is 0 Å². The molecule has 0 saturated heterocycles. The smallest absolute Gasteiger partial charge is 0.202 e. The second-order valence-corrected chi connectivity index (χ2v) is 5.13. The fourth-order valence-corrected chi connectivity index (χ4v) is 2.58. The number of imidazole rings is 1. The third-order valence-electron chi connectivity index (χ3n) is 2.95. The van der Waals surface area contributed by atoms with Gasteiger partial charge in [-0.25, -0.2) is 9.97 Å². The number of aromatic amines is 1. The molecule has 0 amide bonds. The Morgan fingerprint density at radius 3 is 2.95 bits per heavy atom. The van der Waals surface area contributed by atoms with Crippen molar-refractivity contribution >= 4 is 27.7 Å². The third-order valence-corrected chi connectivity index (χ3v) is 3.67. The maximum absolute atomic E-state index is 4.59. The summed E-state index contributed by atoms with van der Waals surface area (Å²) in [4.78, 5) is 12.3. The molecule has 3 rings (SSSR count). The van der Waals surface area contributed by atoms with Crippen molar-refractivity contribution < 1.29 is 0 Å². The highest BCUT2D eigenvalue weighted by atomic mass is 32.1. The van der Waals surface area contributed by atoms with Gasteiger partial charge in [0, 0.05) is 18.0 Å². The van der Waals surface area contributed by atoms with Gasteiger partial charge >= 0.3 is 0 Å². The van der Waals surface area contributed by atoms with Gasteiger partial charge in [-0.05, 0) is 18.6 Å². The van der Waals surface area contributed by atoms with Crippen LogP contribution in [0.2, 0.25) is 0 Å². The van der Waals surface area contributed by atoms with Gasteiger partial charge in [0.2, 0.25) is 5.13 Å². The monoisotopic (exact) mass is 273 g/mol. The molecule has 98 valence electrons. The Morgan fingerprint density at radius 1 is 1.32 bits per heavy atom. The summed E-state index contributed by atoms with van der Waals surface area (Å²) in [7, 11) is 0. The number of hydrogen-bond acceptors (Lipinski definition) is 5. The van der Waals surface area contributed by atoms with Gasteiger partial charge in [0.15, 0.2) is 0 Å². The summed E-state index contributed by atoms with van der Waals surface area (Å²) in [5, 5.41) is 4.09. The van der Waals surface area contributed by atoms with E-state index in [4.69, 9.17) is 0 Å². The highest BCUT2D eigenvalue weighted by molar-refractivity contribution is 7.09. The average molecular weight is 273 g/mol. The van der Waals surface area contributed by atoms with Crippen LogP contribution in [-0.4, -0.2) is 19.3 Å². The number of benzene rings is 1. The van der Waals surface area contributed by atoms with Crippen LogP contribution in [-0.2, 0) is 13.0 Å². The second-order valence-electron chi connectivity index (χ2n) is 4.38. The van der Waals surface area contributed by atoms with E-state index in [1.807, 2.05) is 19.1 Å². The molecule has 1 aromatic carbocycles. The Labute approximate surface area is 115 Å². The summed E-state index contributed by atoms with van der Waals surface area (Å²) in [6.07, 6.45) is 0.863. The number of aryl methyl sites for hydroxylation is 2. The minimum atomic E-state index is 0.631. The number of fused-ring (bicyclic) bond motifs is 1. The molecule has 3 aromatic rings. The van der Waals surface area contributed by atoms with Crippen LogP contribution in [0.3, 0.4) is 0 Å². The zero-order valence-corrected chi connectivity index (χ0v) is 11.7. The first kappa shape index (κ1) is 12.1. The first-order valence-electron chi connectivity index (χ1n) is 6.27. The SMILES string of the molecule is CCc1nsc(NCc2nc3c(C)cccc3[nH]2)n1. The van der Waals surface area contributed by atoms with Gasteiger partial charge < -0.3 is 10.3 Å². The van der Waals surface area contributed by atoms with Crippen molar-refractivity contribution in [3.63, 3.8) is 0 Å². The van der Waals surface area contributed by atoms with Crippen LogP contribution < -0.4 is 5.32 Å². The minimum absolute atomic E-state index is 0.631. The van der Waals surface area contributed by atoms with E-state index >= 15 is 0 Å². The fraction of sp³-hybridized carbons (Fsp3) is 0.308. The predicted octanol–water partition coefficient (Wildman–Crippen LogP) is 2.90. The van der Waals surface area contributed by atoms with Crippen LogP contribution in [0.25, 0.3) is 11.0 Å². The molecule has 0 aliphatic rings. The number of anilines is 1. The van der Waals surface area contributed by atoms with Crippen LogP contribution in [0.4, 0.5) is 5.13 Å². The summed E-state index contributed by atoms with van der Waals surface area (Å²) < 4.78 is 4.24. The van der Waals surface area contributed by atoms with Gasteiger partial charge in [-0.1, -0.05) is 19.1 Å². The molecular formula is C13H15N5S. The first-order chi connectivity index (χ1) is 9.26. The van der Waals surface area contributed by atoms with Crippen molar-refractivity contribution in [1.82, 2.24) is 19.3 Å². The highest BCUT2D eigenvalue weighted by Gasteiger charge is 2.06.